The zero-order valence-electron chi connectivity index (χ0n) is 9.96. The first-order valence-electron chi connectivity index (χ1n) is 5.44. The maximum Gasteiger partial charge on any atom is 0.229 e. The van der Waals surface area contributed by atoms with Gasteiger partial charge in [-0.3, -0.25) is 0 Å². The molecule has 0 atom stereocenters. The van der Waals surface area contributed by atoms with Crippen molar-refractivity contribution in [3.63, 3.8) is 0 Å². The van der Waals surface area contributed by atoms with Crippen LogP contribution in [0.5, 0.6) is 0 Å². The third-order valence-electron chi connectivity index (χ3n) is 2.68. The second-order valence-electron chi connectivity index (χ2n) is 3.83. The number of aryl methyl sites for hydroxylation is 1. The number of hydrogen-bond acceptors (Lipinski definition) is 4. The Balaban J connectivity index is 2.32. The Bertz CT molecular complexity index is 499. The molecule has 0 aliphatic carbocycles. The highest BCUT2D eigenvalue weighted by Gasteiger charge is 2.08. The van der Waals surface area contributed by atoms with Crippen molar-refractivity contribution in [2.24, 2.45) is 0 Å². The van der Waals surface area contributed by atoms with Crippen molar-refractivity contribution in [2.75, 3.05) is 11.9 Å². The maximum absolute atomic E-state index is 9.07. The van der Waals surface area contributed by atoms with Gasteiger partial charge < -0.3 is 10.0 Å². The summed E-state index contributed by atoms with van der Waals surface area (Å²) in [5.74, 6) is 0.630. The molecule has 0 aliphatic rings. The van der Waals surface area contributed by atoms with Crippen molar-refractivity contribution in [2.45, 2.75) is 13.5 Å². The lowest BCUT2D eigenvalue weighted by Crippen LogP contribution is -2.14. The first kappa shape index (κ1) is 11.5. The Hall–Kier alpha value is -1.94. The fourth-order valence-electron chi connectivity index (χ4n) is 1.56. The predicted molar refractivity (Wildman–Crippen MR) is 67.2 cm³/mol. The Kier molecular flexibility index (Phi) is 3.35. The predicted octanol–water partition coefficient (Wildman–Crippen LogP) is 2.05. The van der Waals surface area contributed by atoms with Crippen LogP contribution in [0.25, 0.3) is 0 Å². The minimum atomic E-state index is -0.0266. The summed E-state index contributed by atoms with van der Waals surface area (Å²) < 4.78 is 0. The molecule has 4 nitrogen and oxygen atoms in total. The van der Waals surface area contributed by atoms with E-state index in [0.717, 1.165) is 16.9 Å². The monoisotopic (exact) mass is 229 g/mol. The summed E-state index contributed by atoms with van der Waals surface area (Å²) in [7, 11) is 1.92. The first-order chi connectivity index (χ1) is 8.22. The van der Waals surface area contributed by atoms with E-state index in [-0.39, 0.29) is 6.61 Å². The lowest BCUT2D eigenvalue weighted by molar-refractivity contribution is 0.280. The summed E-state index contributed by atoms with van der Waals surface area (Å²) >= 11 is 0. The van der Waals surface area contributed by atoms with Crippen LogP contribution < -0.4 is 4.90 Å². The van der Waals surface area contributed by atoms with Gasteiger partial charge in [0.1, 0.15) is 0 Å². The normalized spacial score (nSPS) is 10.3. The van der Waals surface area contributed by atoms with E-state index in [1.807, 2.05) is 49.2 Å². The van der Waals surface area contributed by atoms with Crippen LogP contribution in [0.3, 0.4) is 0 Å². The molecule has 2 aromatic rings. The Morgan fingerprint density at radius 1 is 1.24 bits per heavy atom. The molecule has 0 saturated carbocycles. The summed E-state index contributed by atoms with van der Waals surface area (Å²) in [4.78, 5) is 10.5. The van der Waals surface area contributed by atoms with Crippen molar-refractivity contribution in [3.05, 3.63) is 47.8 Å². The van der Waals surface area contributed by atoms with Gasteiger partial charge in [-0.1, -0.05) is 18.2 Å². The molecule has 1 aromatic carbocycles. The Morgan fingerprint density at radius 3 is 2.53 bits per heavy atom. The number of anilines is 2. The van der Waals surface area contributed by atoms with E-state index < -0.39 is 0 Å². The molecule has 0 bridgehead atoms. The van der Waals surface area contributed by atoms with Gasteiger partial charge in [-0.05, 0) is 19.1 Å². The van der Waals surface area contributed by atoms with Crippen molar-refractivity contribution >= 4 is 11.6 Å². The molecule has 0 unspecified atom stereocenters. The lowest BCUT2D eigenvalue weighted by atomic mass is 10.2. The van der Waals surface area contributed by atoms with Crippen LogP contribution in [0.1, 0.15) is 11.3 Å². The second-order valence-corrected chi connectivity index (χ2v) is 3.83. The minimum absolute atomic E-state index is 0.0266. The average Bonchev–Trinajstić information content (AvgIpc) is 2.39. The van der Waals surface area contributed by atoms with Crippen LogP contribution in [-0.4, -0.2) is 22.1 Å². The quantitative estimate of drug-likeness (QED) is 0.875. The van der Waals surface area contributed by atoms with Gasteiger partial charge in [-0.2, -0.15) is 0 Å². The third kappa shape index (κ3) is 2.42. The van der Waals surface area contributed by atoms with E-state index in [1.165, 1.54) is 0 Å². The topological polar surface area (TPSA) is 49.2 Å². The maximum atomic E-state index is 9.07. The van der Waals surface area contributed by atoms with Crippen LogP contribution in [0, 0.1) is 6.92 Å². The number of rotatable bonds is 3. The number of aromatic nitrogens is 2. The van der Waals surface area contributed by atoms with Crippen molar-refractivity contribution < 1.29 is 5.11 Å². The molecule has 0 aliphatic heterocycles. The van der Waals surface area contributed by atoms with E-state index in [0.29, 0.717) is 5.95 Å². The van der Waals surface area contributed by atoms with E-state index in [2.05, 4.69) is 9.97 Å². The fourth-order valence-corrected chi connectivity index (χ4v) is 1.56. The first-order valence-corrected chi connectivity index (χ1v) is 5.44. The number of para-hydroxylation sites is 1. The smallest absolute Gasteiger partial charge is 0.229 e. The standard InChI is InChI=1S/C13H15N3O/c1-10-11(9-17)8-14-13(15-10)16(2)12-6-4-3-5-7-12/h3-8,17H,9H2,1-2H3. The number of aliphatic hydroxyl groups is 1. The molecule has 2 rings (SSSR count). The van der Waals surface area contributed by atoms with E-state index >= 15 is 0 Å². The number of aliphatic hydroxyl groups excluding tert-OH is 1. The van der Waals surface area contributed by atoms with Gasteiger partial charge in [0.05, 0.1) is 6.61 Å². The highest BCUT2D eigenvalue weighted by molar-refractivity contribution is 5.55. The van der Waals surface area contributed by atoms with E-state index in [1.54, 1.807) is 6.20 Å². The Labute approximate surface area is 101 Å². The van der Waals surface area contributed by atoms with Gasteiger partial charge in [-0.25, -0.2) is 9.97 Å². The summed E-state index contributed by atoms with van der Waals surface area (Å²) in [6.07, 6.45) is 1.66. The average molecular weight is 229 g/mol. The van der Waals surface area contributed by atoms with E-state index in [4.69, 9.17) is 5.11 Å². The summed E-state index contributed by atoms with van der Waals surface area (Å²) in [6.45, 7) is 1.84. The van der Waals surface area contributed by atoms with Crippen molar-refractivity contribution in [3.8, 4) is 0 Å². The molecule has 1 aromatic heterocycles. The van der Waals surface area contributed by atoms with Gasteiger partial charge >= 0.3 is 0 Å². The lowest BCUT2D eigenvalue weighted by Gasteiger charge is -2.17. The van der Waals surface area contributed by atoms with Gasteiger partial charge in [0.15, 0.2) is 0 Å². The molecule has 1 N–H and O–H groups in total. The molecule has 0 amide bonds. The molecule has 0 radical (unpaired) electrons. The Morgan fingerprint density at radius 2 is 1.94 bits per heavy atom. The fraction of sp³-hybridized carbons (Fsp3) is 0.231. The third-order valence-corrected chi connectivity index (χ3v) is 2.68. The van der Waals surface area contributed by atoms with Crippen molar-refractivity contribution in [1.82, 2.24) is 9.97 Å². The minimum Gasteiger partial charge on any atom is -0.392 e. The van der Waals surface area contributed by atoms with E-state index in [9.17, 15) is 0 Å². The van der Waals surface area contributed by atoms with Crippen LogP contribution >= 0.6 is 0 Å². The number of benzene rings is 1. The molecule has 17 heavy (non-hydrogen) atoms. The summed E-state index contributed by atoms with van der Waals surface area (Å²) in [5, 5.41) is 9.07. The molecule has 0 saturated heterocycles. The van der Waals surface area contributed by atoms with Gasteiger partial charge in [0.25, 0.3) is 0 Å². The largest absolute Gasteiger partial charge is 0.392 e. The van der Waals surface area contributed by atoms with Gasteiger partial charge in [0, 0.05) is 30.2 Å². The van der Waals surface area contributed by atoms with Crippen molar-refractivity contribution in [1.29, 1.82) is 0 Å². The van der Waals surface area contributed by atoms with Crippen LogP contribution in [0.2, 0.25) is 0 Å². The molecule has 0 spiro atoms. The SMILES string of the molecule is Cc1nc(N(C)c2ccccc2)ncc1CO. The zero-order chi connectivity index (χ0) is 12.3. The summed E-state index contributed by atoms with van der Waals surface area (Å²) in [6, 6.07) is 9.91. The van der Waals surface area contributed by atoms with Crippen LogP contribution in [0.15, 0.2) is 36.5 Å². The molecule has 0 fully saturated rings. The molecule has 88 valence electrons. The molecule has 4 heteroatoms. The zero-order valence-corrected chi connectivity index (χ0v) is 9.96. The molecule has 1 heterocycles. The highest BCUT2D eigenvalue weighted by atomic mass is 16.3. The number of hydrogen-bond donors (Lipinski definition) is 1. The second kappa shape index (κ2) is 4.93. The molecular weight excluding hydrogens is 214 g/mol. The van der Waals surface area contributed by atoms with Crippen LogP contribution in [-0.2, 0) is 6.61 Å². The van der Waals surface area contributed by atoms with Gasteiger partial charge in [-0.15, -0.1) is 0 Å². The summed E-state index contributed by atoms with van der Waals surface area (Å²) in [5.41, 5.74) is 2.60. The van der Waals surface area contributed by atoms with Crippen LogP contribution in [0.4, 0.5) is 11.6 Å². The number of nitrogens with zero attached hydrogens (tertiary/aromatic N) is 3. The molecular formula is C13H15N3O. The van der Waals surface area contributed by atoms with Gasteiger partial charge in [0.2, 0.25) is 5.95 Å². The highest BCUT2D eigenvalue weighted by Crippen LogP contribution is 2.19.